The van der Waals surface area contributed by atoms with Gasteiger partial charge in [0.2, 0.25) is 0 Å². The van der Waals surface area contributed by atoms with E-state index in [1.165, 1.54) is 0 Å². The van der Waals surface area contributed by atoms with Gasteiger partial charge in [0.15, 0.2) is 0 Å². The van der Waals surface area contributed by atoms with E-state index >= 15 is 0 Å². The highest BCUT2D eigenvalue weighted by Crippen LogP contribution is 2.12. The summed E-state index contributed by atoms with van der Waals surface area (Å²) >= 11 is 0. The van der Waals surface area contributed by atoms with Crippen molar-refractivity contribution in [3.05, 3.63) is 18.2 Å². The predicted molar refractivity (Wildman–Crippen MR) is 52.7 cm³/mol. The summed E-state index contributed by atoms with van der Waals surface area (Å²) in [6.07, 6.45) is 3.87. The number of hydrogen-bond donors (Lipinski definition) is 0. The molecule has 0 aromatic carbocycles. The van der Waals surface area contributed by atoms with Crippen molar-refractivity contribution in [2.75, 3.05) is 0 Å². The first-order valence-corrected chi connectivity index (χ1v) is 4.62. The predicted octanol–water partition coefficient (Wildman–Crippen LogP) is 2.61. The minimum atomic E-state index is 0.450. The quantitative estimate of drug-likeness (QED) is 0.595. The fraction of sp³-hybridized carbons (Fsp3) is 0.625. The minimum Gasteiger partial charge on any atom is -0.331 e. The van der Waals surface area contributed by atoms with Crippen molar-refractivity contribution in [1.29, 1.82) is 0 Å². The highest BCUT2D eigenvalue weighted by Gasteiger charge is 1.95. The Balaban J connectivity index is 0.000000461. The average molecular weight is 172 g/mol. The summed E-state index contributed by atoms with van der Waals surface area (Å²) in [5.41, 5.74) is 1.07. The molecule has 1 aromatic heterocycles. The van der Waals surface area contributed by atoms with Crippen molar-refractivity contribution in [2.24, 2.45) is 0 Å². The fourth-order valence-electron chi connectivity index (χ4n) is 0.663. The summed E-state index contributed by atoms with van der Waals surface area (Å²) in [5, 5.41) is 0. The van der Waals surface area contributed by atoms with Crippen molar-refractivity contribution in [1.82, 2.24) is 9.55 Å². The molecule has 0 saturated heterocycles. The van der Waals surface area contributed by atoms with Crippen LogP contribution in [-0.4, -0.2) is 9.55 Å². The Bertz CT molecular complexity index is 194. The van der Waals surface area contributed by atoms with Crippen LogP contribution < -0.4 is 0 Å². The monoisotopic (exact) mass is 172 g/mol. The molecule has 11 heavy (non-hydrogen) atoms. The van der Waals surface area contributed by atoms with Crippen LogP contribution in [0.15, 0.2) is 12.5 Å². The van der Waals surface area contributed by atoms with E-state index in [9.17, 15) is 0 Å². The Hall–Kier alpha value is -0.360. The van der Waals surface area contributed by atoms with Crippen LogP contribution in [0.3, 0.4) is 0 Å². The second-order valence-corrected chi connectivity index (χ2v) is 3.17. The maximum atomic E-state index is 4.09. The summed E-state index contributed by atoms with van der Waals surface area (Å²) in [4.78, 5) is 4.09. The molecule has 0 aliphatic carbocycles. The first kappa shape index (κ1) is 10.6. The van der Waals surface area contributed by atoms with Gasteiger partial charge in [0.1, 0.15) is 0 Å². The molecule has 2 atom stereocenters. The van der Waals surface area contributed by atoms with Gasteiger partial charge in [-0.05, 0) is 13.8 Å². The third-order valence-corrected chi connectivity index (χ3v) is 1.55. The summed E-state index contributed by atoms with van der Waals surface area (Å²) in [6.45, 7) is 8.09. The molecular weight excluding hydrogens is 155 g/mol. The topological polar surface area (TPSA) is 17.8 Å². The van der Waals surface area contributed by atoms with Gasteiger partial charge >= 0.3 is 0 Å². The number of aromatic nitrogens is 2. The first-order chi connectivity index (χ1) is 5.20. The molecule has 0 bridgehead atoms. The SMILES string of the molecule is CC.Cc1cn(C(C)P)cn1. The Kier molecular flexibility index (Phi) is 5.14. The van der Waals surface area contributed by atoms with Crippen molar-refractivity contribution in [3.8, 4) is 0 Å². The van der Waals surface area contributed by atoms with Gasteiger partial charge in [0.05, 0.1) is 12.0 Å². The van der Waals surface area contributed by atoms with Gasteiger partial charge in [0.25, 0.3) is 0 Å². The molecule has 0 radical (unpaired) electrons. The molecule has 64 valence electrons. The van der Waals surface area contributed by atoms with Crippen molar-refractivity contribution in [3.63, 3.8) is 0 Å². The lowest BCUT2D eigenvalue weighted by molar-refractivity contribution is 0.738. The highest BCUT2D eigenvalue weighted by molar-refractivity contribution is 7.16. The highest BCUT2D eigenvalue weighted by atomic mass is 31.0. The summed E-state index contributed by atoms with van der Waals surface area (Å²) in [7, 11) is 2.71. The van der Waals surface area contributed by atoms with Crippen molar-refractivity contribution < 1.29 is 0 Å². The van der Waals surface area contributed by atoms with E-state index in [0.29, 0.717) is 5.78 Å². The van der Waals surface area contributed by atoms with Gasteiger partial charge < -0.3 is 4.57 Å². The molecule has 0 N–H and O–H groups in total. The lowest BCUT2D eigenvalue weighted by atomic mass is 10.5. The lowest BCUT2D eigenvalue weighted by Crippen LogP contribution is -1.91. The van der Waals surface area contributed by atoms with Crippen LogP contribution in [0.2, 0.25) is 0 Å². The molecule has 3 heteroatoms. The molecule has 2 nitrogen and oxygen atoms in total. The average Bonchev–Trinajstić information content (AvgIpc) is 2.40. The Morgan fingerprint density at radius 3 is 2.27 bits per heavy atom. The van der Waals surface area contributed by atoms with Crippen molar-refractivity contribution in [2.45, 2.75) is 33.5 Å². The van der Waals surface area contributed by atoms with Gasteiger partial charge in [-0.2, -0.15) is 0 Å². The van der Waals surface area contributed by atoms with Crippen LogP contribution in [0.25, 0.3) is 0 Å². The Morgan fingerprint density at radius 1 is 1.55 bits per heavy atom. The van der Waals surface area contributed by atoms with E-state index in [0.717, 1.165) is 5.69 Å². The van der Waals surface area contributed by atoms with Crippen molar-refractivity contribution >= 4 is 9.24 Å². The second kappa shape index (κ2) is 5.31. The van der Waals surface area contributed by atoms with E-state index in [4.69, 9.17) is 0 Å². The number of nitrogens with zero attached hydrogens (tertiary/aromatic N) is 2. The van der Waals surface area contributed by atoms with Gasteiger partial charge in [-0.15, -0.1) is 9.24 Å². The lowest BCUT2D eigenvalue weighted by Gasteiger charge is -2.02. The summed E-state index contributed by atoms with van der Waals surface area (Å²) in [5.74, 6) is 0.450. The number of aryl methyl sites for hydroxylation is 1. The molecular formula is C8H17N2P. The zero-order valence-corrected chi connectivity index (χ0v) is 8.86. The third-order valence-electron chi connectivity index (χ3n) is 1.20. The smallest absolute Gasteiger partial charge is 0.0954 e. The maximum Gasteiger partial charge on any atom is 0.0954 e. The zero-order valence-electron chi connectivity index (χ0n) is 7.70. The van der Waals surface area contributed by atoms with Crippen LogP contribution in [0.5, 0.6) is 0 Å². The number of imidazole rings is 1. The molecule has 0 fully saturated rings. The van der Waals surface area contributed by atoms with Crippen LogP contribution in [0.4, 0.5) is 0 Å². The molecule has 0 aliphatic rings. The van der Waals surface area contributed by atoms with Gasteiger partial charge in [-0.3, -0.25) is 0 Å². The standard InChI is InChI=1S/C6H11N2P.C2H6/c1-5-3-8(4-7-5)6(2)9;1-2/h3-4,6H,9H2,1-2H3;1-2H3. The maximum absolute atomic E-state index is 4.09. The van der Waals surface area contributed by atoms with E-state index in [-0.39, 0.29) is 0 Å². The molecule has 1 rings (SSSR count). The zero-order chi connectivity index (χ0) is 8.85. The third kappa shape index (κ3) is 3.52. The van der Waals surface area contributed by atoms with Gasteiger partial charge in [-0.25, -0.2) is 4.98 Å². The Labute approximate surface area is 71.2 Å². The van der Waals surface area contributed by atoms with Gasteiger partial charge in [0, 0.05) is 12.0 Å². The largest absolute Gasteiger partial charge is 0.331 e. The van der Waals surface area contributed by atoms with E-state index in [1.807, 2.05) is 33.3 Å². The van der Waals surface area contributed by atoms with E-state index < -0.39 is 0 Å². The molecule has 0 amide bonds. The van der Waals surface area contributed by atoms with E-state index in [1.54, 1.807) is 0 Å². The normalized spacial score (nSPS) is 11.7. The fourth-order valence-corrected chi connectivity index (χ4v) is 0.826. The molecule has 1 aromatic rings. The summed E-state index contributed by atoms with van der Waals surface area (Å²) in [6, 6.07) is 0. The number of rotatable bonds is 1. The molecule has 0 spiro atoms. The van der Waals surface area contributed by atoms with Crippen LogP contribution in [-0.2, 0) is 0 Å². The molecule has 0 aliphatic heterocycles. The molecule has 0 saturated carbocycles. The minimum absolute atomic E-state index is 0.450. The van der Waals surface area contributed by atoms with Crippen LogP contribution >= 0.6 is 9.24 Å². The molecule has 1 heterocycles. The first-order valence-electron chi connectivity index (χ1n) is 3.96. The van der Waals surface area contributed by atoms with Crippen LogP contribution in [0.1, 0.15) is 32.2 Å². The van der Waals surface area contributed by atoms with Gasteiger partial charge in [-0.1, -0.05) is 13.8 Å². The summed E-state index contributed by atoms with van der Waals surface area (Å²) < 4.78 is 2.06. The molecule has 2 unspecified atom stereocenters. The Morgan fingerprint density at radius 2 is 2.09 bits per heavy atom. The number of hydrogen-bond acceptors (Lipinski definition) is 1. The second-order valence-electron chi connectivity index (χ2n) is 2.20. The van der Waals surface area contributed by atoms with E-state index in [2.05, 4.69) is 25.7 Å². The van der Waals surface area contributed by atoms with Crippen LogP contribution in [0, 0.1) is 6.92 Å².